The predicted octanol–water partition coefficient (Wildman–Crippen LogP) is 3.35. The Morgan fingerprint density at radius 3 is 2.73 bits per heavy atom. The van der Waals surface area contributed by atoms with E-state index in [1.807, 2.05) is 13.0 Å². The molecule has 1 aromatic heterocycles. The number of hydrogen-bond donors (Lipinski definition) is 2. The van der Waals surface area contributed by atoms with Gasteiger partial charge in [-0.25, -0.2) is 0 Å². The van der Waals surface area contributed by atoms with E-state index < -0.39 is 4.92 Å². The largest absolute Gasteiger partial charge is 0.468 e. The van der Waals surface area contributed by atoms with Crippen LogP contribution in [0, 0.1) is 10.1 Å². The van der Waals surface area contributed by atoms with Gasteiger partial charge in [0, 0.05) is 18.2 Å². The van der Waals surface area contributed by atoms with Crippen molar-refractivity contribution >= 4 is 5.69 Å². The van der Waals surface area contributed by atoms with E-state index >= 15 is 0 Å². The van der Waals surface area contributed by atoms with Gasteiger partial charge in [0.15, 0.2) is 0 Å². The fraction of sp³-hybridized carbons (Fsp3) is 0.375. The maximum atomic E-state index is 10.9. The Morgan fingerprint density at radius 2 is 2.14 bits per heavy atom. The molecule has 1 heterocycles. The summed E-state index contributed by atoms with van der Waals surface area (Å²) in [5.41, 5.74) is 0.903. The lowest BCUT2D eigenvalue weighted by Gasteiger charge is -2.23. The highest BCUT2D eigenvalue weighted by Crippen LogP contribution is 2.26. The second-order valence-electron chi connectivity index (χ2n) is 5.11. The molecule has 2 unspecified atom stereocenters. The summed E-state index contributed by atoms with van der Waals surface area (Å²) in [5.74, 6) is 0.647. The van der Waals surface area contributed by atoms with E-state index in [4.69, 9.17) is 4.42 Å². The topological polar surface area (TPSA) is 88.5 Å². The Hall–Kier alpha value is -2.18. The van der Waals surface area contributed by atoms with E-state index in [2.05, 4.69) is 5.32 Å². The van der Waals surface area contributed by atoms with Crippen molar-refractivity contribution < 1.29 is 14.4 Å². The average molecular weight is 304 g/mol. The van der Waals surface area contributed by atoms with Crippen LogP contribution in [0.4, 0.5) is 5.69 Å². The van der Waals surface area contributed by atoms with Gasteiger partial charge in [-0.3, -0.25) is 15.4 Å². The summed E-state index contributed by atoms with van der Waals surface area (Å²) >= 11 is 0. The van der Waals surface area contributed by atoms with Crippen LogP contribution in [0.15, 0.2) is 47.1 Å². The van der Waals surface area contributed by atoms with Gasteiger partial charge in [0.25, 0.3) is 5.69 Å². The van der Waals surface area contributed by atoms with Gasteiger partial charge in [-0.05, 0) is 24.1 Å². The minimum atomic E-state index is -0.400. The highest BCUT2D eigenvalue weighted by Gasteiger charge is 2.20. The lowest BCUT2D eigenvalue weighted by Crippen LogP contribution is -2.28. The zero-order valence-corrected chi connectivity index (χ0v) is 12.4. The Labute approximate surface area is 128 Å². The van der Waals surface area contributed by atoms with Crippen molar-refractivity contribution in [1.29, 1.82) is 0 Å². The fourth-order valence-corrected chi connectivity index (χ4v) is 2.45. The number of nitrogens with zero attached hydrogens (tertiary/aromatic N) is 1. The van der Waals surface area contributed by atoms with E-state index in [0.717, 1.165) is 18.4 Å². The molecule has 6 heteroatoms. The van der Waals surface area contributed by atoms with Crippen molar-refractivity contribution in [3.63, 3.8) is 0 Å². The van der Waals surface area contributed by atoms with Crippen molar-refractivity contribution in [2.24, 2.45) is 0 Å². The summed E-state index contributed by atoms with van der Waals surface area (Å²) in [6, 6.07) is 9.71. The van der Waals surface area contributed by atoms with Crippen molar-refractivity contribution in [3.05, 3.63) is 64.1 Å². The van der Waals surface area contributed by atoms with Gasteiger partial charge in [0.2, 0.25) is 0 Å². The zero-order valence-electron chi connectivity index (χ0n) is 12.4. The summed E-state index contributed by atoms with van der Waals surface area (Å²) in [7, 11) is 0. The van der Waals surface area contributed by atoms with E-state index in [9.17, 15) is 15.2 Å². The summed E-state index contributed by atoms with van der Waals surface area (Å²) in [5, 5.41) is 23.8. The van der Waals surface area contributed by atoms with Crippen molar-refractivity contribution in [3.8, 4) is 0 Å². The number of nitro benzene ring substituents is 1. The minimum Gasteiger partial charge on any atom is -0.468 e. The van der Waals surface area contributed by atoms with Gasteiger partial charge in [-0.2, -0.15) is 0 Å². The quantitative estimate of drug-likeness (QED) is 0.576. The molecule has 2 rings (SSSR count). The van der Waals surface area contributed by atoms with Crippen LogP contribution in [0.3, 0.4) is 0 Å². The van der Waals surface area contributed by atoms with Crippen LogP contribution < -0.4 is 5.32 Å². The van der Waals surface area contributed by atoms with Crippen LogP contribution in [0.5, 0.6) is 0 Å². The lowest BCUT2D eigenvalue weighted by atomic mass is 10.0. The number of benzene rings is 1. The van der Waals surface area contributed by atoms with Crippen LogP contribution in [0.2, 0.25) is 0 Å². The average Bonchev–Trinajstić information content (AvgIpc) is 3.05. The van der Waals surface area contributed by atoms with Crippen LogP contribution in [-0.2, 0) is 0 Å². The number of aliphatic hydroxyl groups excluding tert-OH is 1. The molecule has 0 fully saturated rings. The zero-order chi connectivity index (χ0) is 15.9. The number of non-ortho nitro benzene ring substituents is 1. The molecule has 0 amide bonds. The van der Waals surface area contributed by atoms with Gasteiger partial charge in [-0.15, -0.1) is 0 Å². The van der Waals surface area contributed by atoms with Gasteiger partial charge >= 0.3 is 0 Å². The smallest absolute Gasteiger partial charge is 0.269 e. The predicted molar refractivity (Wildman–Crippen MR) is 82.4 cm³/mol. The number of hydrogen-bond acceptors (Lipinski definition) is 5. The first-order valence-corrected chi connectivity index (χ1v) is 7.30. The molecule has 0 spiro atoms. The summed E-state index contributed by atoms with van der Waals surface area (Å²) < 4.78 is 5.33. The maximum Gasteiger partial charge on any atom is 0.269 e. The molecule has 1 aromatic carbocycles. The second kappa shape index (κ2) is 7.72. The van der Waals surface area contributed by atoms with Crippen LogP contribution in [0.25, 0.3) is 0 Å². The van der Waals surface area contributed by atoms with Crippen molar-refractivity contribution in [2.75, 3.05) is 6.61 Å². The number of nitrogens with one attached hydrogen (secondary N) is 1. The van der Waals surface area contributed by atoms with E-state index in [-0.39, 0.29) is 24.4 Å². The monoisotopic (exact) mass is 304 g/mol. The maximum absolute atomic E-state index is 10.9. The molecule has 2 aromatic rings. The van der Waals surface area contributed by atoms with E-state index in [1.54, 1.807) is 30.5 Å². The molecule has 22 heavy (non-hydrogen) atoms. The second-order valence-corrected chi connectivity index (χ2v) is 5.11. The van der Waals surface area contributed by atoms with Crippen LogP contribution >= 0.6 is 0 Å². The molecule has 0 aliphatic carbocycles. The van der Waals surface area contributed by atoms with E-state index in [0.29, 0.717) is 5.76 Å². The van der Waals surface area contributed by atoms with Crippen molar-refractivity contribution in [1.82, 2.24) is 5.32 Å². The molecule has 0 radical (unpaired) electrons. The first-order valence-electron chi connectivity index (χ1n) is 7.30. The van der Waals surface area contributed by atoms with Crippen LogP contribution in [0.1, 0.15) is 43.2 Å². The molecule has 0 saturated heterocycles. The highest BCUT2D eigenvalue weighted by atomic mass is 16.6. The molecule has 0 aliphatic rings. The van der Waals surface area contributed by atoms with Gasteiger partial charge < -0.3 is 9.52 Å². The molecule has 2 N–H and O–H groups in total. The normalized spacial score (nSPS) is 13.7. The SMILES string of the molecule is CCCC(NC(CO)c1ccco1)c1cccc([N+](=O)[O-])c1. The fourth-order valence-electron chi connectivity index (χ4n) is 2.45. The number of aliphatic hydroxyl groups is 1. The van der Waals surface area contributed by atoms with Crippen molar-refractivity contribution in [2.45, 2.75) is 31.8 Å². The highest BCUT2D eigenvalue weighted by molar-refractivity contribution is 5.36. The Bertz CT molecular complexity index is 598. The Balaban J connectivity index is 2.22. The van der Waals surface area contributed by atoms with Gasteiger partial charge in [0.05, 0.1) is 23.8 Å². The number of rotatable bonds is 8. The lowest BCUT2D eigenvalue weighted by molar-refractivity contribution is -0.384. The molecule has 0 bridgehead atoms. The van der Waals surface area contributed by atoms with E-state index in [1.165, 1.54) is 6.07 Å². The third kappa shape index (κ3) is 3.93. The first kappa shape index (κ1) is 16.2. The third-order valence-corrected chi connectivity index (χ3v) is 3.53. The van der Waals surface area contributed by atoms with Gasteiger partial charge in [0.1, 0.15) is 5.76 Å². The first-order chi connectivity index (χ1) is 10.7. The molecule has 2 atom stereocenters. The standard InChI is InChI=1S/C16H20N2O4/c1-2-5-14(12-6-3-7-13(10-12)18(20)21)17-15(11-19)16-8-4-9-22-16/h3-4,6-10,14-15,17,19H,2,5,11H2,1H3. The summed E-state index contributed by atoms with van der Waals surface area (Å²) in [6.07, 6.45) is 3.27. The summed E-state index contributed by atoms with van der Waals surface area (Å²) in [6.45, 7) is 1.94. The molecular weight excluding hydrogens is 284 g/mol. The molecular formula is C16H20N2O4. The molecule has 6 nitrogen and oxygen atoms in total. The van der Waals surface area contributed by atoms with Gasteiger partial charge in [-0.1, -0.05) is 25.5 Å². The molecule has 0 saturated carbocycles. The minimum absolute atomic E-state index is 0.0685. The number of nitro groups is 1. The molecule has 118 valence electrons. The van der Waals surface area contributed by atoms with Crippen LogP contribution in [-0.4, -0.2) is 16.6 Å². The Morgan fingerprint density at radius 1 is 1.32 bits per heavy atom. The summed E-state index contributed by atoms with van der Waals surface area (Å²) in [4.78, 5) is 10.5. The third-order valence-electron chi connectivity index (χ3n) is 3.53. The number of furan rings is 1. The molecule has 0 aliphatic heterocycles. The Kier molecular flexibility index (Phi) is 5.68.